The van der Waals surface area contributed by atoms with E-state index in [-0.39, 0.29) is 12.4 Å². The number of nitrogens with one attached hydrogen (secondary N) is 1. The van der Waals surface area contributed by atoms with Crippen molar-refractivity contribution in [1.82, 2.24) is 5.32 Å². The third-order valence-electron chi connectivity index (χ3n) is 2.24. The first-order valence-electron chi connectivity index (χ1n) is 6.02. The van der Waals surface area contributed by atoms with Crippen LogP contribution in [0.15, 0.2) is 30.9 Å². The van der Waals surface area contributed by atoms with Gasteiger partial charge in [0.25, 0.3) is 0 Å². The zero-order valence-corrected chi connectivity index (χ0v) is 11.9. The highest BCUT2D eigenvalue weighted by molar-refractivity contribution is 5.85. The molecule has 0 aliphatic carbocycles. The number of hydrogen-bond donors (Lipinski definition) is 1. The molecule has 1 aromatic rings. The summed E-state index contributed by atoms with van der Waals surface area (Å²) >= 11 is 0. The molecule has 1 aromatic carbocycles. The molecule has 0 spiro atoms. The molecule has 0 saturated carbocycles. The average molecular weight is 272 g/mol. The molecule has 0 amide bonds. The molecule has 1 rings (SSSR count). The van der Waals surface area contributed by atoms with Crippen molar-refractivity contribution < 1.29 is 9.47 Å². The van der Waals surface area contributed by atoms with E-state index in [1.807, 2.05) is 25.1 Å². The maximum absolute atomic E-state index is 5.57. The Hall–Kier alpha value is -1.19. The molecule has 0 atom stereocenters. The van der Waals surface area contributed by atoms with Gasteiger partial charge in [-0.2, -0.15) is 0 Å². The number of rotatable bonds is 8. The second-order valence-corrected chi connectivity index (χ2v) is 3.59. The van der Waals surface area contributed by atoms with E-state index < -0.39 is 0 Å². The molecule has 4 heteroatoms. The van der Waals surface area contributed by atoms with Gasteiger partial charge in [0.1, 0.15) is 6.61 Å². The van der Waals surface area contributed by atoms with Gasteiger partial charge in [-0.15, -0.1) is 12.4 Å². The highest BCUT2D eigenvalue weighted by Crippen LogP contribution is 2.28. The normalized spacial score (nSPS) is 9.44. The lowest BCUT2D eigenvalue weighted by molar-refractivity contribution is 0.296. The monoisotopic (exact) mass is 271 g/mol. The third kappa shape index (κ3) is 5.43. The summed E-state index contributed by atoms with van der Waals surface area (Å²) in [7, 11) is 0. The Balaban J connectivity index is 0.00000289. The number of hydrogen-bond acceptors (Lipinski definition) is 3. The Bertz CT molecular complexity index is 356. The first-order valence-corrected chi connectivity index (χ1v) is 6.02. The average Bonchev–Trinajstić information content (AvgIpc) is 2.35. The van der Waals surface area contributed by atoms with Crippen molar-refractivity contribution >= 4 is 12.4 Å². The van der Waals surface area contributed by atoms with E-state index in [9.17, 15) is 0 Å². The van der Waals surface area contributed by atoms with Gasteiger partial charge in [0, 0.05) is 6.54 Å². The largest absolute Gasteiger partial charge is 0.490 e. The molecular weight excluding hydrogens is 250 g/mol. The summed E-state index contributed by atoms with van der Waals surface area (Å²) in [5, 5.41) is 3.28. The lowest BCUT2D eigenvalue weighted by atomic mass is 10.2. The Kier molecular flexibility index (Phi) is 9.15. The van der Waals surface area contributed by atoms with Gasteiger partial charge in [-0.25, -0.2) is 0 Å². The topological polar surface area (TPSA) is 30.5 Å². The van der Waals surface area contributed by atoms with Crippen LogP contribution >= 0.6 is 12.4 Å². The summed E-state index contributed by atoms with van der Waals surface area (Å²) in [5.41, 5.74) is 1.20. The molecule has 1 N–H and O–H groups in total. The van der Waals surface area contributed by atoms with Crippen LogP contribution in [0.5, 0.6) is 11.5 Å². The highest BCUT2D eigenvalue weighted by Gasteiger charge is 2.05. The molecule has 0 aliphatic rings. The van der Waals surface area contributed by atoms with Crippen LogP contribution in [-0.4, -0.2) is 19.8 Å². The second-order valence-electron chi connectivity index (χ2n) is 3.59. The van der Waals surface area contributed by atoms with Crippen LogP contribution in [0.1, 0.15) is 19.4 Å². The lowest BCUT2D eigenvalue weighted by Gasteiger charge is -2.12. The Labute approximate surface area is 116 Å². The Morgan fingerprint density at radius 3 is 2.61 bits per heavy atom. The van der Waals surface area contributed by atoms with Gasteiger partial charge in [0.15, 0.2) is 11.5 Å². The molecule has 0 unspecified atom stereocenters. The van der Waals surface area contributed by atoms with Crippen molar-refractivity contribution in [2.75, 3.05) is 19.8 Å². The molecule has 102 valence electrons. The summed E-state index contributed by atoms with van der Waals surface area (Å²) in [6.45, 7) is 10.6. The maximum Gasteiger partial charge on any atom is 0.161 e. The molecule has 0 bridgehead atoms. The van der Waals surface area contributed by atoms with E-state index >= 15 is 0 Å². The summed E-state index contributed by atoms with van der Waals surface area (Å²) in [6.07, 6.45) is 1.72. The molecule has 0 aliphatic heterocycles. The number of benzene rings is 1. The maximum atomic E-state index is 5.57. The van der Waals surface area contributed by atoms with E-state index in [0.717, 1.165) is 24.6 Å². The number of halogens is 1. The van der Waals surface area contributed by atoms with Crippen molar-refractivity contribution in [3.05, 3.63) is 36.4 Å². The first kappa shape index (κ1) is 16.8. The van der Waals surface area contributed by atoms with Crippen LogP contribution < -0.4 is 14.8 Å². The fraction of sp³-hybridized carbons (Fsp3) is 0.429. The van der Waals surface area contributed by atoms with Gasteiger partial charge in [-0.05, 0) is 31.2 Å². The Morgan fingerprint density at radius 1 is 1.22 bits per heavy atom. The van der Waals surface area contributed by atoms with Crippen molar-refractivity contribution in [3.63, 3.8) is 0 Å². The second kappa shape index (κ2) is 9.80. The quantitative estimate of drug-likeness (QED) is 0.737. The SMILES string of the molecule is C=CCOc1ccc(CNCC)cc1OCC.Cl. The van der Waals surface area contributed by atoms with Gasteiger partial charge in [-0.1, -0.05) is 25.6 Å². The van der Waals surface area contributed by atoms with Gasteiger partial charge in [0.2, 0.25) is 0 Å². The molecule has 3 nitrogen and oxygen atoms in total. The lowest BCUT2D eigenvalue weighted by Crippen LogP contribution is -2.11. The fourth-order valence-corrected chi connectivity index (χ4v) is 1.47. The zero-order valence-electron chi connectivity index (χ0n) is 11.1. The third-order valence-corrected chi connectivity index (χ3v) is 2.24. The summed E-state index contributed by atoms with van der Waals surface area (Å²) in [4.78, 5) is 0. The minimum Gasteiger partial charge on any atom is -0.490 e. The van der Waals surface area contributed by atoms with E-state index in [1.54, 1.807) is 6.08 Å². The van der Waals surface area contributed by atoms with Crippen LogP contribution in [0, 0.1) is 0 Å². The van der Waals surface area contributed by atoms with Crippen LogP contribution in [0.25, 0.3) is 0 Å². The smallest absolute Gasteiger partial charge is 0.161 e. The van der Waals surface area contributed by atoms with Crippen LogP contribution in [0.2, 0.25) is 0 Å². The minimum atomic E-state index is 0. The zero-order chi connectivity index (χ0) is 12.5. The number of ether oxygens (including phenoxy) is 2. The van der Waals surface area contributed by atoms with Crippen molar-refractivity contribution in [1.29, 1.82) is 0 Å². The standard InChI is InChI=1S/C14H21NO2.ClH/c1-4-9-17-13-8-7-12(11-15-5-2)10-14(13)16-6-3;/h4,7-8,10,15H,1,5-6,9,11H2,2-3H3;1H. The van der Waals surface area contributed by atoms with Crippen LogP contribution in [-0.2, 0) is 6.54 Å². The van der Waals surface area contributed by atoms with E-state index in [0.29, 0.717) is 13.2 Å². The molecule has 0 aromatic heterocycles. The molecule has 0 radical (unpaired) electrons. The molecule has 0 heterocycles. The van der Waals surface area contributed by atoms with Crippen molar-refractivity contribution in [2.24, 2.45) is 0 Å². The summed E-state index contributed by atoms with van der Waals surface area (Å²) < 4.78 is 11.1. The van der Waals surface area contributed by atoms with Gasteiger partial charge < -0.3 is 14.8 Å². The van der Waals surface area contributed by atoms with E-state index in [2.05, 4.69) is 18.8 Å². The van der Waals surface area contributed by atoms with Crippen molar-refractivity contribution in [3.8, 4) is 11.5 Å². The molecule has 18 heavy (non-hydrogen) atoms. The van der Waals surface area contributed by atoms with Gasteiger partial charge in [0.05, 0.1) is 6.61 Å². The van der Waals surface area contributed by atoms with Crippen LogP contribution in [0.4, 0.5) is 0 Å². The minimum absolute atomic E-state index is 0. The van der Waals surface area contributed by atoms with Gasteiger partial charge >= 0.3 is 0 Å². The van der Waals surface area contributed by atoms with Gasteiger partial charge in [-0.3, -0.25) is 0 Å². The van der Waals surface area contributed by atoms with Crippen molar-refractivity contribution in [2.45, 2.75) is 20.4 Å². The summed E-state index contributed by atoms with van der Waals surface area (Å²) in [5.74, 6) is 1.57. The first-order chi connectivity index (χ1) is 8.31. The van der Waals surface area contributed by atoms with Crippen LogP contribution in [0.3, 0.4) is 0 Å². The fourth-order valence-electron chi connectivity index (χ4n) is 1.47. The Morgan fingerprint density at radius 2 is 2.00 bits per heavy atom. The van der Waals surface area contributed by atoms with E-state index in [1.165, 1.54) is 5.56 Å². The summed E-state index contributed by atoms with van der Waals surface area (Å²) in [6, 6.07) is 6.01. The molecule has 0 fully saturated rings. The van der Waals surface area contributed by atoms with E-state index in [4.69, 9.17) is 9.47 Å². The predicted octanol–water partition coefficient (Wildman–Crippen LogP) is 3.18. The highest BCUT2D eigenvalue weighted by atomic mass is 35.5. The molecule has 0 saturated heterocycles. The molecular formula is C14H22ClNO2. The predicted molar refractivity (Wildman–Crippen MR) is 77.9 cm³/mol.